The molecule has 1 heteroatoms. The van der Waals surface area contributed by atoms with Gasteiger partial charge in [-0.3, -0.25) is 0 Å². The van der Waals surface area contributed by atoms with Crippen molar-refractivity contribution in [2.75, 3.05) is 13.1 Å². The monoisotopic (exact) mass is 227 g/mol. The van der Waals surface area contributed by atoms with Gasteiger partial charge in [-0.1, -0.05) is 54.4 Å². The summed E-state index contributed by atoms with van der Waals surface area (Å²) in [6.07, 6.45) is 6.56. The Morgan fingerprint density at radius 3 is 1.62 bits per heavy atom. The van der Waals surface area contributed by atoms with E-state index in [9.17, 15) is 0 Å². The van der Waals surface area contributed by atoms with Crippen LogP contribution in [0.2, 0.25) is 0 Å². The molecule has 0 aliphatic rings. The lowest BCUT2D eigenvalue weighted by Gasteiger charge is -2.48. The van der Waals surface area contributed by atoms with Gasteiger partial charge in [0, 0.05) is 0 Å². The summed E-state index contributed by atoms with van der Waals surface area (Å²) >= 11 is 0. The van der Waals surface area contributed by atoms with Crippen LogP contribution in [-0.4, -0.2) is 13.1 Å². The van der Waals surface area contributed by atoms with Crippen molar-refractivity contribution in [1.29, 1.82) is 0 Å². The Balaban J connectivity index is 4.77. The lowest BCUT2D eigenvalue weighted by atomic mass is 9.57. The molecule has 0 saturated heterocycles. The van der Waals surface area contributed by atoms with E-state index in [1.165, 1.54) is 38.6 Å². The van der Waals surface area contributed by atoms with E-state index < -0.39 is 0 Å². The minimum atomic E-state index is 0.506. The van der Waals surface area contributed by atoms with Gasteiger partial charge in [0.25, 0.3) is 0 Å². The zero-order chi connectivity index (χ0) is 12.7. The quantitative estimate of drug-likeness (QED) is 0.567. The van der Waals surface area contributed by atoms with Gasteiger partial charge >= 0.3 is 0 Å². The first kappa shape index (κ1) is 16.0. The first-order chi connectivity index (χ1) is 7.55. The molecule has 1 nitrogen and oxygen atoms in total. The van der Waals surface area contributed by atoms with E-state index in [0.29, 0.717) is 10.8 Å². The highest BCUT2D eigenvalue weighted by atomic mass is 14.8. The maximum atomic E-state index is 3.49. The third-order valence-corrected chi connectivity index (χ3v) is 5.22. The molecule has 1 N–H and O–H groups in total. The van der Waals surface area contributed by atoms with E-state index in [-0.39, 0.29) is 0 Å². The molecule has 0 radical (unpaired) electrons. The highest BCUT2D eigenvalue weighted by Crippen LogP contribution is 2.51. The van der Waals surface area contributed by atoms with E-state index in [0.717, 1.165) is 6.54 Å². The average Bonchev–Trinajstić information content (AvgIpc) is 2.34. The van der Waals surface area contributed by atoms with E-state index in [1.807, 2.05) is 0 Å². The van der Waals surface area contributed by atoms with Crippen LogP contribution in [0.5, 0.6) is 0 Å². The van der Waals surface area contributed by atoms with E-state index in [1.54, 1.807) is 0 Å². The van der Waals surface area contributed by atoms with Gasteiger partial charge in [-0.2, -0.15) is 0 Å². The first-order valence-corrected chi connectivity index (χ1v) is 7.26. The van der Waals surface area contributed by atoms with Gasteiger partial charge in [0.2, 0.25) is 0 Å². The van der Waals surface area contributed by atoms with Crippen LogP contribution in [0.25, 0.3) is 0 Å². The van der Waals surface area contributed by atoms with Gasteiger partial charge in [0.15, 0.2) is 0 Å². The van der Waals surface area contributed by atoms with Crippen LogP contribution >= 0.6 is 0 Å². The summed E-state index contributed by atoms with van der Waals surface area (Å²) in [6.45, 7) is 16.4. The lowest BCUT2D eigenvalue weighted by Crippen LogP contribution is -2.40. The van der Waals surface area contributed by atoms with Gasteiger partial charge in [-0.25, -0.2) is 0 Å². The smallest absolute Gasteiger partial charge is 0.00435 e. The van der Waals surface area contributed by atoms with Crippen molar-refractivity contribution in [3.8, 4) is 0 Å². The van der Waals surface area contributed by atoms with Gasteiger partial charge < -0.3 is 5.32 Å². The maximum absolute atomic E-state index is 3.49. The molecular formula is C15H33N. The molecule has 0 aliphatic heterocycles. The Kier molecular flexibility index (Phi) is 7.30. The summed E-state index contributed by atoms with van der Waals surface area (Å²) in [4.78, 5) is 0. The molecule has 0 heterocycles. The molecule has 0 saturated carbocycles. The summed E-state index contributed by atoms with van der Waals surface area (Å²) in [5.74, 6) is 0. The third-order valence-electron chi connectivity index (χ3n) is 5.22. The summed E-state index contributed by atoms with van der Waals surface area (Å²) in [5.41, 5.74) is 1.03. The molecule has 98 valence electrons. The first-order valence-electron chi connectivity index (χ1n) is 7.26. The molecule has 0 aromatic carbocycles. The second kappa shape index (κ2) is 7.32. The zero-order valence-electron chi connectivity index (χ0n) is 12.4. The normalized spacial score (nSPS) is 13.1. The molecule has 0 aromatic heterocycles. The van der Waals surface area contributed by atoms with Crippen LogP contribution in [0.3, 0.4) is 0 Å². The molecule has 0 bridgehead atoms. The molecule has 0 unspecified atom stereocenters. The maximum Gasteiger partial charge on any atom is -0.00435 e. The SMILES string of the molecule is CCNCCC(CC)(CC)C(C)(CC)CC. The van der Waals surface area contributed by atoms with E-state index in [4.69, 9.17) is 0 Å². The van der Waals surface area contributed by atoms with Crippen LogP contribution in [0.4, 0.5) is 0 Å². The van der Waals surface area contributed by atoms with E-state index in [2.05, 4.69) is 46.9 Å². The Morgan fingerprint density at radius 1 is 0.812 bits per heavy atom. The topological polar surface area (TPSA) is 12.0 Å². The largest absolute Gasteiger partial charge is 0.317 e. The van der Waals surface area contributed by atoms with Gasteiger partial charge in [-0.15, -0.1) is 0 Å². The Bertz CT molecular complexity index is 166. The van der Waals surface area contributed by atoms with Gasteiger partial charge in [0.1, 0.15) is 0 Å². The molecular weight excluding hydrogens is 194 g/mol. The zero-order valence-corrected chi connectivity index (χ0v) is 12.4. The van der Waals surface area contributed by atoms with Crippen LogP contribution in [0, 0.1) is 10.8 Å². The summed E-state index contributed by atoms with van der Waals surface area (Å²) < 4.78 is 0. The molecule has 0 amide bonds. The van der Waals surface area contributed by atoms with Crippen molar-refractivity contribution in [2.24, 2.45) is 10.8 Å². The second-order valence-electron chi connectivity index (χ2n) is 5.36. The van der Waals surface area contributed by atoms with Gasteiger partial charge in [-0.05, 0) is 43.2 Å². The van der Waals surface area contributed by atoms with Crippen molar-refractivity contribution in [1.82, 2.24) is 5.32 Å². The van der Waals surface area contributed by atoms with Crippen LogP contribution in [-0.2, 0) is 0 Å². The van der Waals surface area contributed by atoms with Crippen LogP contribution in [0.1, 0.15) is 73.6 Å². The van der Waals surface area contributed by atoms with Crippen LogP contribution in [0.15, 0.2) is 0 Å². The van der Waals surface area contributed by atoms with Crippen molar-refractivity contribution in [3.05, 3.63) is 0 Å². The number of nitrogens with one attached hydrogen (secondary N) is 1. The molecule has 0 fully saturated rings. The molecule has 0 rings (SSSR count). The van der Waals surface area contributed by atoms with Crippen molar-refractivity contribution in [2.45, 2.75) is 73.6 Å². The number of hydrogen-bond donors (Lipinski definition) is 1. The molecule has 0 atom stereocenters. The fourth-order valence-electron chi connectivity index (χ4n) is 3.26. The van der Waals surface area contributed by atoms with Crippen LogP contribution < -0.4 is 5.32 Å². The summed E-state index contributed by atoms with van der Waals surface area (Å²) in [7, 11) is 0. The standard InChI is InChI=1S/C15H33N/c1-7-14(6,8-2)15(9-3,10-4)12-13-16-11-5/h16H,7-13H2,1-6H3. The van der Waals surface area contributed by atoms with E-state index >= 15 is 0 Å². The summed E-state index contributed by atoms with van der Waals surface area (Å²) in [6, 6.07) is 0. The third kappa shape index (κ3) is 3.23. The molecule has 16 heavy (non-hydrogen) atoms. The average molecular weight is 227 g/mol. The predicted octanol–water partition coefficient (Wildman–Crippen LogP) is 4.62. The number of hydrogen-bond acceptors (Lipinski definition) is 1. The van der Waals surface area contributed by atoms with Crippen molar-refractivity contribution in [3.63, 3.8) is 0 Å². The molecule has 0 spiro atoms. The fraction of sp³-hybridized carbons (Fsp3) is 1.00. The fourth-order valence-corrected chi connectivity index (χ4v) is 3.26. The lowest BCUT2D eigenvalue weighted by molar-refractivity contribution is 0.0222. The van der Waals surface area contributed by atoms with Gasteiger partial charge in [0.05, 0.1) is 0 Å². The second-order valence-corrected chi connectivity index (χ2v) is 5.36. The highest BCUT2D eigenvalue weighted by molar-refractivity contribution is 4.92. The molecule has 0 aliphatic carbocycles. The minimum absolute atomic E-state index is 0.506. The number of rotatable bonds is 9. The summed E-state index contributed by atoms with van der Waals surface area (Å²) in [5, 5.41) is 3.49. The Hall–Kier alpha value is -0.0400. The highest BCUT2D eigenvalue weighted by Gasteiger charge is 2.42. The predicted molar refractivity (Wildman–Crippen MR) is 74.9 cm³/mol. The molecule has 0 aromatic rings. The van der Waals surface area contributed by atoms with Crippen molar-refractivity contribution < 1.29 is 0 Å². The minimum Gasteiger partial charge on any atom is -0.317 e. The Morgan fingerprint density at radius 2 is 1.31 bits per heavy atom. The Labute approximate surface area is 103 Å². The van der Waals surface area contributed by atoms with Crippen molar-refractivity contribution >= 4 is 0 Å².